The molecule has 0 unspecified atom stereocenters. The molecule has 0 saturated heterocycles. The van der Waals surface area contributed by atoms with Crippen molar-refractivity contribution < 1.29 is 0 Å². The van der Waals surface area contributed by atoms with Crippen LogP contribution < -0.4 is 10.1 Å². The van der Waals surface area contributed by atoms with E-state index in [1.54, 1.807) is 5.19 Å². The molecular weight excluding hydrogens is 270 g/mol. The molecule has 0 aromatic heterocycles. The van der Waals surface area contributed by atoms with Gasteiger partial charge < -0.3 is 4.90 Å². The number of aryl methyl sites for hydroxylation is 1. The highest BCUT2D eigenvalue weighted by molar-refractivity contribution is 6.88. The van der Waals surface area contributed by atoms with Gasteiger partial charge in [0.2, 0.25) is 0 Å². The lowest BCUT2D eigenvalue weighted by molar-refractivity contribution is 0.691. The van der Waals surface area contributed by atoms with Gasteiger partial charge in [-0.25, -0.2) is 0 Å². The van der Waals surface area contributed by atoms with Crippen molar-refractivity contribution in [1.82, 2.24) is 0 Å². The minimum Gasteiger partial charge on any atom is -0.367 e. The second-order valence-corrected chi connectivity index (χ2v) is 12.2. The normalized spacial score (nSPS) is 14.9. The maximum atomic E-state index is 2.53. The Morgan fingerprint density at radius 2 is 1.67 bits per heavy atom. The lowest BCUT2D eigenvalue weighted by Gasteiger charge is -2.31. The van der Waals surface area contributed by atoms with E-state index in [9.17, 15) is 0 Å². The van der Waals surface area contributed by atoms with Crippen LogP contribution >= 0.6 is 0 Å². The molecule has 3 rings (SSSR count). The minimum atomic E-state index is -1.18. The molecule has 0 fully saturated rings. The summed E-state index contributed by atoms with van der Waals surface area (Å²) in [5, 5.41) is 1.55. The van der Waals surface area contributed by atoms with Gasteiger partial charge in [-0.15, -0.1) is 0 Å². The number of fused-ring (bicyclic) bond motifs is 1. The molecular formula is C19H25NSi. The van der Waals surface area contributed by atoms with Crippen LogP contribution in [0.4, 0.5) is 5.69 Å². The fourth-order valence-corrected chi connectivity index (χ4v) is 4.27. The fraction of sp³-hybridized carbons (Fsp3) is 0.368. The van der Waals surface area contributed by atoms with Gasteiger partial charge in [0.1, 0.15) is 0 Å². The van der Waals surface area contributed by atoms with E-state index in [0.29, 0.717) is 0 Å². The van der Waals surface area contributed by atoms with E-state index >= 15 is 0 Å². The van der Waals surface area contributed by atoms with Crippen LogP contribution in [-0.2, 0) is 13.0 Å². The molecule has 21 heavy (non-hydrogen) atoms. The Labute approximate surface area is 129 Å². The summed E-state index contributed by atoms with van der Waals surface area (Å²) >= 11 is 0. The molecule has 0 radical (unpaired) electrons. The Morgan fingerprint density at radius 3 is 2.38 bits per heavy atom. The Morgan fingerprint density at radius 1 is 0.952 bits per heavy atom. The first-order chi connectivity index (χ1) is 10.0. The average molecular weight is 296 g/mol. The van der Waals surface area contributed by atoms with Crippen LogP contribution in [-0.4, -0.2) is 14.6 Å². The second-order valence-electron chi connectivity index (χ2n) is 7.10. The van der Waals surface area contributed by atoms with Crippen LogP contribution in [0.25, 0.3) is 0 Å². The van der Waals surface area contributed by atoms with Crippen LogP contribution in [0.2, 0.25) is 19.6 Å². The van der Waals surface area contributed by atoms with Gasteiger partial charge in [-0.1, -0.05) is 67.3 Å². The summed E-state index contributed by atoms with van der Waals surface area (Å²) in [7, 11) is -1.18. The average Bonchev–Trinajstić information content (AvgIpc) is 2.47. The molecule has 0 saturated carbocycles. The molecule has 2 aromatic rings. The van der Waals surface area contributed by atoms with Crippen LogP contribution in [0.5, 0.6) is 0 Å². The zero-order chi connectivity index (χ0) is 14.9. The van der Waals surface area contributed by atoms with Crippen molar-refractivity contribution in [2.75, 3.05) is 11.4 Å². The summed E-state index contributed by atoms with van der Waals surface area (Å²) < 4.78 is 0. The van der Waals surface area contributed by atoms with Crippen molar-refractivity contribution >= 4 is 18.9 Å². The van der Waals surface area contributed by atoms with Crippen LogP contribution in [0.3, 0.4) is 0 Å². The van der Waals surface area contributed by atoms with E-state index in [4.69, 9.17) is 0 Å². The fourth-order valence-electron chi connectivity index (χ4n) is 3.11. The first-order valence-corrected chi connectivity index (χ1v) is 11.5. The van der Waals surface area contributed by atoms with Crippen molar-refractivity contribution in [3.63, 3.8) is 0 Å². The molecule has 0 atom stereocenters. The zero-order valence-electron chi connectivity index (χ0n) is 13.4. The molecule has 1 aliphatic heterocycles. The third-order valence-corrected chi connectivity index (χ3v) is 6.47. The molecule has 2 aromatic carbocycles. The minimum absolute atomic E-state index is 1.03. The van der Waals surface area contributed by atoms with Gasteiger partial charge in [0.25, 0.3) is 0 Å². The van der Waals surface area contributed by atoms with E-state index in [2.05, 4.69) is 73.1 Å². The smallest absolute Gasteiger partial charge is 0.0775 e. The Bertz CT molecular complexity index is 610. The standard InChI is InChI=1S/C19H25NSi/c1-21(2,3)18-12-10-16(11-13-18)15-20-14-6-8-17-7-4-5-9-19(17)20/h4-5,7,9-13H,6,8,14-15H2,1-3H3. The van der Waals surface area contributed by atoms with Crippen molar-refractivity contribution in [3.05, 3.63) is 59.7 Å². The van der Waals surface area contributed by atoms with Gasteiger partial charge in [-0.05, 0) is 30.0 Å². The highest BCUT2D eigenvalue weighted by Crippen LogP contribution is 2.27. The summed E-state index contributed by atoms with van der Waals surface area (Å²) in [4.78, 5) is 2.53. The zero-order valence-corrected chi connectivity index (χ0v) is 14.4. The van der Waals surface area contributed by atoms with Crippen molar-refractivity contribution in [1.29, 1.82) is 0 Å². The number of benzene rings is 2. The number of rotatable bonds is 3. The third kappa shape index (κ3) is 3.21. The summed E-state index contributed by atoms with van der Waals surface area (Å²) in [5.74, 6) is 0. The maximum absolute atomic E-state index is 2.53. The molecule has 1 nitrogen and oxygen atoms in total. The molecule has 1 heterocycles. The van der Waals surface area contributed by atoms with Gasteiger partial charge in [-0.2, -0.15) is 0 Å². The lowest BCUT2D eigenvalue weighted by Crippen LogP contribution is -2.37. The van der Waals surface area contributed by atoms with E-state index in [1.807, 2.05) is 0 Å². The van der Waals surface area contributed by atoms with E-state index < -0.39 is 8.07 Å². The molecule has 110 valence electrons. The third-order valence-electron chi connectivity index (χ3n) is 4.40. The predicted molar refractivity (Wildman–Crippen MR) is 95.2 cm³/mol. The first kappa shape index (κ1) is 14.4. The van der Waals surface area contributed by atoms with Crippen molar-refractivity contribution in [3.8, 4) is 0 Å². The lowest BCUT2D eigenvalue weighted by atomic mass is 10.0. The van der Waals surface area contributed by atoms with Gasteiger partial charge in [-0.3, -0.25) is 0 Å². The van der Waals surface area contributed by atoms with Crippen LogP contribution in [0.1, 0.15) is 17.5 Å². The van der Waals surface area contributed by atoms with E-state index in [0.717, 1.165) is 6.54 Å². The summed E-state index contributed by atoms with van der Waals surface area (Å²) in [6.07, 6.45) is 2.49. The number of anilines is 1. The number of hydrogen-bond acceptors (Lipinski definition) is 1. The first-order valence-electron chi connectivity index (χ1n) is 7.96. The summed E-state index contributed by atoms with van der Waals surface area (Å²) in [6.45, 7) is 9.42. The van der Waals surface area contributed by atoms with Gasteiger partial charge in [0, 0.05) is 18.8 Å². The Balaban J connectivity index is 1.79. The summed E-state index contributed by atoms with van der Waals surface area (Å²) in [6, 6.07) is 18.2. The van der Waals surface area contributed by atoms with E-state index in [1.165, 1.54) is 36.2 Å². The maximum Gasteiger partial charge on any atom is 0.0775 e. The monoisotopic (exact) mass is 295 g/mol. The predicted octanol–water partition coefficient (Wildman–Crippen LogP) is 4.18. The van der Waals surface area contributed by atoms with E-state index in [-0.39, 0.29) is 0 Å². The summed E-state index contributed by atoms with van der Waals surface area (Å²) in [5.41, 5.74) is 4.36. The molecule has 0 aliphatic carbocycles. The Hall–Kier alpha value is -1.54. The molecule has 0 N–H and O–H groups in total. The molecule has 0 spiro atoms. The largest absolute Gasteiger partial charge is 0.367 e. The van der Waals surface area contributed by atoms with Gasteiger partial charge >= 0.3 is 0 Å². The Kier molecular flexibility index (Phi) is 3.90. The molecule has 1 aliphatic rings. The molecule has 0 bridgehead atoms. The molecule has 0 amide bonds. The highest BCUT2D eigenvalue weighted by atomic mass is 28.3. The number of para-hydroxylation sites is 1. The van der Waals surface area contributed by atoms with Gasteiger partial charge in [0.15, 0.2) is 0 Å². The quantitative estimate of drug-likeness (QED) is 0.768. The number of nitrogens with zero attached hydrogens (tertiary/aromatic N) is 1. The van der Waals surface area contributed by atoms with Gasteiger partial charge in [0.05, 0.1) is 8.07 Å². The van der Waals surface area contributed by atoms with Crippen molar-refractivity contribution in [2.24, 2.45) is 0 Å². The SMILES string of the molecule is C[Si](C)(C)c1ccc(CN2CCCc3ccccc32)cc1. The van der Waals surface area contributed by atoms with Crippen LogP contribution in [0.15, 0.2) is 48.5 Å². The molecule has 2 heteroatoms. The van der Waals surface area contributed by atoms with Crippen molar-refractivity contribution in [2.45, 2.75) is 39.0 Å². The van der Waals surface area contributed by atoms with Crippen LogP contribution in [0, 0.1) is 0 Å². The second kappa shape index (κ2) is 5.68. The highest BCUT2D eigenvalue weighted by Gasteiger charge is 2.18. The number of hydrogen-bond donors (Lipinski definition) is 0. The topological polar surface area (TPSA) is 3.24 Å².